The van der Waals surface area contributed by atoms with Crippen molar-refractivity contribution in [3.8, 4) is 5.88 Å². The van der Waals surface area contributed by atoms with Crippen LogP contribution in [0.5, 0.6) is 5.88 Å². The summed E-state index contributed by atoms with van der Waals surface area (Å²) in [5.41, 5.74) is 0.315. The van der Waals surface area contributed by atoms with Crippen LogP contribution in [-0.4, -0.2) is 58.9 Å². The van der Waals surface area contributed by atoms with Gasteiger partial charge in [0.2, 0.25) is 5.88 Å². The van der Waals surface area contributed by atoms with Crippen LogP contribution in [0.15, 0.2) is 29.6 Å². The van der Waals surface area contributed by atoms with E-state index < -0.39 is 11.7 Å². The average molecular weight is 573 g/mol. The van der Waals surface area contributed by atoms with Crippen LogP contribution in [0.1, 0.15) is 17.5 Å². The minimum atomic E-state index is -4.49. The van der Waals surface area contributed by atoms with Crippen molar-refractivity contribution in [2.45, 2.75) is 19.0 Å². The number of hydrogen-bond acceptors (Lipinski definition) is 4. The Morgan fingerprint density at radius 2 is 2.16 bits per heavy atom. The number of alkyl halides is 3. The van der Waals surface area contributed by atoms with E-state index in [1.54, 1.807) is 11.7 Å². The number of rotatable bonds is 6. The summed E-state index contributed by atoms with van der Waals surface area (Å²) >= 11 is 5.85. The van der Waals surface area contributed by atoms with E-state index in [0.717, 1.165) is 38.0 Å². The van der Waals surface area contributed by atoms with Gasteiger partial charge in [-0.15, -0.1) is 24.0 Å². The number of aliphatic imine (C=N–C) groups is 1. The Bertz CT molecular complexity index is 892. The lowest BCUT2D eigenvalue weighted by Gasteiger charge is -2.21. The second-order valence-corrected chi connectivity index (χ2v) is 7.57. The number of ether oxygens (including phenoxy) is 1. The van der Waals surface area contributed by atoms with Crippen molar-refractivity contribution < 1.29 is 17.9 Å². The molecule has 2 aromatic rings. The molecule has 3 heterocycles. The number of halogens is 5. The standard InChI is InChI=1S/C19H24ClF3N6O.HI/c1-24-18(29-5-3-13(12-29)7-14-9-27-28(2)11-14)25-4-6-30-17-16(20)8-15(10-26-17)19(21,22)23;/h8-11,13H,3-7,12H2,1-2H3,(H,24,25);1H. The molecule has 0 bridgehead atoms. The number of nitrogens with one attached hydrogen (secondary N) is 1. The summed E-state index contributed by atoms with van der Waals surface area (Å²) in [6.45, 7) is 2.39. The molecule has 2 aromatic heterocycles. The molecule has 31 heavy (non-hydrogen) atoms. The summed E-state index contributed by atoms with van der Waals surface area (Å²) in [5.74, 6) is 1.26. The van der Waals surface area contributed by atoms with Gasteiger partial charge in [0.25, 0.3) is 0 Å². The lowest BCUT2D eigenvalue weighted by atomic mass is 10.0. The van der Waals surface area contributed by atoms with Gasteiger partial charge in [0.15, 0.2) is 5.96 Å². The van der Waals surface area contributed by atoms with E-state index in [9.17, 15) is 13.2 Å². The molecule has 1 unspecified atom stereocenters. The number of guanidine groups is 1. The third-order valence-electron chi connectivity index (χ3n) is 4.84. The normalized spacial score (nSPS) is 16.9. The maximum Gasteiger partial charge on any atom is 0.417 e. The third kappa shape index (κ3) is 7.13. The second kappa shape index (κ2) is 11.2. The van der Waals surface area contributed by atoms with Gasteiger partial charge in [-0.25, -0.2) is 4.98 Å². The smallest absolute Gasteiger partial charge is 0.417 e. The lowest BCUT2D eigenvalue weighted by molar-refractivity contribution is -0.137. The Labute approximate surface area is 201 Å². The molecule has 0 radical (unpaired) electrons. The third-order valence-corrected chi connectivity index (χ3v) is 5.11. The van der Waals surface area contributed by atoms with Gasteiger partial charge in [-0.05, 0) is 30.4 Å². The van der Waals surface area contributed by atoms with Gasteiger partial charge in [0, 0.05) is 39.6 Å². The predicted octanol–water partition coefficient (Wildman–Crippen LogP) is 3.62. The average Bonchev–Trinajstić information content (AvgIpc) is 3.31. The molecule has 0 aromatic carbocycles. The summed E-state index contributed by atoms with van der Waals surface area (Å²) < 4.78 is 45.2. The summed E-state index contributed by atoms with van der Waals surface area (Å²) in [5, 5.41) is 7.24. The molecule has 1 saturated heterocycles. The monoisotopic (exact) mass is 572 g/mol. The quantitative estimate of drug-likeness (QED) is 0.248. The van der Waals surface area contributed by atoms with Crippen molar-refractivity contribution in [2.24, 2.45) is 18.0 Å². The first-order chi connectivity index (χ1) is 14.3. The van der Waals surface area contributed by atoms with Crippen molar-refractivity contribution in [3.05, 3.63) is 40.8 Å². The number of aryl methyl sites for hydroxylation is 1. The van der Waals surface area contributed by atoms with E-state index in [1.165, 1.54) is 5.56 Å². The zero-order valence-electron chi connectivity index (χ0n) is 17.2. The molecule has 12 heteroatoms. The van der Waals surface area contributed by atoms with E-state index in [0.29, 0.717) is 18.7 Å². The topological polar surface area (TPSA) is 67.6 Å². The first-order valence-corrected chi connectivity index (χ1v) is 9.92. The number of pyridine rings is 1. The fourth-order valence-corrected chi connectivity index (χ4v) is 3.65. The van der Waals surface area contributed by atoms with Gasteiger partial charge >= 0.3 is 6.18 Å². The fourth-order valence-electron chi connectivity index (χ4n) is 3.43. The van der Waals surface area contributed by atoms with Gasteiger partial charge in [-0.1, -0.05) is 11.6 Å². The van der Waals surface area contributed by atoms with Gasteiger partial charge in [-0.3, -0.25) is 9.67 Å². The second-order valence-electron chi connectivity index (χ2n) is 7.16. The molecule has 7 nitrogen and oxygen atoms in total. The minimum absolute atomic E-state index is 0. The van der Waals surface area contributed by atoms with Gasteiger partial charge in [-0.2, -0.15) is 18.3 Å². The molecule has 1 N–H and O–H groups in total. The molecular formula is C19H25ClF3IN6O. The highest BCUT2D eigenvalue weighted by Crippen LogP contribution is 2.33. The van der Waals surface area contributed by atoms with Crippen LogP contribution in [-0.2, 0) is 19.6 Å². The Kier molecular flexibility index (Phi) is 9.22. The van der Waals surface area contributed by atoms with E-state index >= 15 is 0 Å². The highest BCUT2D eigenvalue weighted by Gasteiger charge is 2.31. The van der Waals surface area contributed by atoms with Crippen LogP contribution < -0.4 is 10.1 Å². The van der Waals surface area contributed by atoms with Crippen molar-refractivity contribution >= 4 is 41.5 Å². The summed E-state index contributed by atoms with van der Waals surface area (Å²) in [7, 11) is 3.62. The van der Waals surface area contributed by atoms with Gasteiger partial charge in [0.05, 0.1) is 18.3 Å². The molecule has 1 aliphatic heterocycles. The minimum Gasteiger partial charge on any atom is -0.475 e. The molecule has 0 spiro atoms. The van der Waals surface area contributed by atoms with Crippen LogP contribution >= 0.6 is 35.6 Å². The van der Waals surface area contributed by atoms with Crippen molar-refractivity contribution in [2.75, 3.05) is 33.3 Å². The molecule has 3 rings (SSSR count). The van der Waals surface area contributed by atoms with Gasteiger partial charge < -0.3 is 15.0 Å². The van der Waals surface area contributed by atoms with Crippen molar-refractivity contribution in [3.63, 3.8) is 0 Å². The first kappa shape index (κ1) is 25.5. The highest BCUT2D eigenvalue weighted by molar-refractivity contribution is 14.0. The highest BCUT2D eigenvalue weighted by atomic mass is 127. The molecule has 172 valence electrons. The molecule has 0 amide bonds. The SMILES string of the molecule is CN=C(NCCOc1ncc(C(F)(F)F)cc1Cl)N1CCC(Cc2cnn(C)c2)C1.I. The number of nitrogens with zero attached hydrogens (tertiary/aromatic N) is 5. The fraction of sp³-hybridized carbons (Fsp3) is 0.526. The maximum atomic E-state index is 12.7. The number of hydrogen-bond donors (Lipinski definition) is 1. The summed E-state index contributed by atoms with van der Waals surface area (Å²) in [6.07, 6.45) is 2.19. The summed E-state index contributed by atoms with van der Waals surface area (Å²) in [4.78, 5) is 10.2. The maximum absolute atomic E-state index is 12.7. The van der Waals surface area contributed by atoms with E-state index in [4.69, 9.17) is 16.3 Å². The molecule has 1 aliphatic rings. The molecular weight excluding hydrogens is 548 g/mol. The molecule has 1 fully saturated rings. The zero-order valence-corrected chi connectivity index (χ0v) is 20.3. The van der Waals surface area contributed by atoms with E-state index in [-0.39, 0.29) is 41.5 Å². The number of aromatic nitrogens is 3. The van der Waals surface area contributed by atoms with Crippen molar-refractivity contribution in [1.82, 2.24) is 25.0 Å². The van der Waals surface area contributed by atoms with E-state index in [2.05, 4.69) is 25.3 Å². The zero-order chi connectivity index (χ0) is 21.7. The van der Waals surface area contributed by atoms with Crippen LogP contribution in [0.4, 0.5) is 13.2 Å². The van der Waals surface area contributed by atoms with Crippen molar-refractivity contribution in [1.29, 1.82) is 0 Å². The Morgan fingerprint density at radius 1 is 1.39 bits per heavy atom. The Morgan fingerprint density at radius 3 is 2.77 bits per heavy atom. The molecule has 1 atom stereocenters. The van der Waals surface area contributed by atoms with E-state index in [1.807, 2.05) is 19.4 Å². The lowest BCUT2D eigenvalue weighted by Crippen LogP contribution is -2.41. The van der Waals surface area contributed by atoms with Crippen LogP contribution in [0, 0.1) is 5.92 Å². The van der Waals surface area contributed by atoms with Crippen LogP contribution in [0.3, 0.4) is 0 Å². The molecule has 0 aliphatic carbocycles. The first-order valence-electron chi connectivity index (χ1n) is 9.55. The Hall–Kier alpha value is -1.76. The predicted molar refractivity (Wildman–Crippen MR) is 123 cm³/mol. The largest absolute Gasteiger partial charge is 0.475 e. The van der Waals surface area contributed by atoms with Crippen LogP contribution in [0.25, 0.3) is 0 Å². The Balaban J connectivity index is 0.00000341. The number of likely N-dealkylation sites (tertiary alicyclic amines) is 1. The summed E-state index contributed by atoms with van der Waals surface area (Å²) in [6, 6.07) is 0.808. The van der Waals surface area contributed by atoms with Crippen LogP contribution in [0.2, 0.25) is 5.02 Å². The molecule has 0 saturated carbocycles. The van der Waals surface area contributed by atoms with Gasteiger partial charge in [0.1, 0.15) is 11.6 Å².